The zero-order valence-corrected chi connectivity index (χ0v) is 31.9. The number of nitrogens with zero attached hydrogens (tertiary/aromatic N) is 2. The zero-order valence-electron chi connectivity index (χ0n) is 31.9. The van der Waals surface area contributed by atoms with Crippen LogP contribution in [0.4, 0.5) is 9.59 Å². The van der Waals surface area contributed by atoms with E-state index in [1.165, 1.54) is 14.2 Å². The minimum Gasteiger partial charge on any atom is -0.453 e. The monoisotopic (exact) mass is 720 g/mol. The van der Waals surface area contributed by atoms with Crippen LogP contribution in [0.2, 0.25) is 0 Å². The molecule has 0 spiro atoms. The average Bonchev–Trinajstić information content (AvgIpc) is 3.12. The summed E-state index contributed by atoms with van der Waals surface area (Å²) in [4.78, 5) is 56.3. The van der Waals surface area contributed by atoms with Crippen molar-refractivity contribution in [3.8, 4) is 11.3 Å². The molecule has 0 radical (unpaired) electrons. The zero-order chi connectivity index (χ0) is 38.9. The largest absolute Gasteiger partial charge is 0.453 e. The van der Waals surface area contributed by atoms with Gasteiger partial charge in [0.2, 0.25) is 5.91 Å². The first kappa shape index (κ1) is 43.2. The number of benzene rings is 2. The lowest BCUT2D eigenvalue weighted by Crippen LogP contribution is -2.58. The Bertz CT molecular complexity index is 1540. The Morgan fingerprint density at radius 1 is 0.712 bits per heavy atom. The quantitative estimate of drug-likeness (QED) is 0.146. The van der Waals surface area contributed by atoms with Crippen LogP contribution in [0.1, 0.15) is 59.1 Å². The molecule has 0 aliphatic heterocycles. The molecule has 13 nitrogen and oxygen atoms in total. The Hall–Kier alpha value is -5.01. The number of hydrogen-bond acceptors (Lipinski definition) is 9. The highest BCUT2D eigenvalue weighted by Crippen LogP contribution is 2.22. The fourth-order valence-corrected chi connectivity index (χ4v) is 5.35. The van der Waals surface area contributed by atoms with E-state index in [4.69, 9.17) is 14.6 Å². The van der Waals surface area contributed by atoms with Crippen molar-refractivity contribution in [2.24, 2.45) is 10.8 Å². The molecule has 3 atom stereocenters. The Balaban J connectivity index is 0.00000460. The van der Waals surface area contributed by atoms with Gasteiger partial charge < -0.3 is 30.5 Å². The molecule has 0 bridgehead atoms. The molecule has 2 unspecified atom stereocenters. The van der Waals surface area contributed by atoms with E-state index >= 15 is 0 Å². The Morgan fingerprint density at radius 2 is 1.25 bits per heavy atom. The maximum absolute atomic E-state index is 13.8. The number of rotatable bonds is 14. The topological polar surface area (TPSA) is 171 Å². The molecule has 0 saturated heterocycles. The Morgan fingerprint density at radius 3 is 1.75 bits per heavy atom. The number of ether oxygens (including phenoxy) is 2. The van der Waals surface area contributed by atoms with Crippen LogP contribution < -0.4 is 21.4 Å². The van der Waals surface area contributed by atoms with E-state index in [0.717, 1.165) is 29.5 Å². The van der Waals surface area contributed by atoms with Crippen LogP contribution in [0.15, 0.2) is 79.0 Å². The Labute approximate surface area is 307 Å². The van der Waals surface area contributed by atoms with E-state index in [2.05, 4.69) is 26.4 Å². The van der Waals surface area contributed by atoms with Crippen LogP contribution in [0.5, 0.6) is 0 Å². The lowest BCUT2D eigenvalue weighted by Gasteiger charge is -2.34. The fourth-order valence-electron chi connectivity index (χ4n) is 5.35. The second-order valence-electron chi connectivity index (χ2n) is 14.4. The van der Waals surface area contributed by atoms with Gasteiger partial charge in [0.1, 0.15) is 12.1 Å². The third-order valence-electron chi connectivity index (χ3n) is 8.13. The number of amides is 4. The van der Waals surface area contributed by atoms with Crippen molar-refractivity contribution >= 4 is 24.0 Å². The molecule has 0 aliphatic rings. The molecule has 2 aromatic carbocycles. The molecule has 52 heavy (non-hydrogen) atoms. The molecular formula is C39H56N6O7. The molecule has 1 heterocycles. The number of aromatic nitrogens is 1. The number of aliphatic hydroxyl groups excluding tert-OH is 1. The van der Waals surface area contributed by atoms with Gasteiger partial charge in [-0.2, -0.15) is 0 Å². The third-order valence-corrected chi connectivity index (χ3v) is 8.13. The molecule has 3 rings (SSSR count). The summed E-state index contributed by atoms with van der Waals surface area (Å²) >= 11 is 0. The lowest BCUT2D eigenvalue weighted by molar-refractivity contribution is -0.131. The summed E-state index contributed by atoms with van der Waals surface area (Å²) in [6, 6.07) is 21.3. The van der Waals surface area contributed by atoms with Crippen LogP contribution in [0.3, 0.4) is 0 Å². The van der Waals surface area contributed by atoms with Crippen LogP contribution in [0.25, 0.3) is 11.3 Å². The van der Waals surface area contributed by atoms with Crippen molar-refractivity contribution in [2.75, 3.05) is 27.9 Å². The van der Waals surface area contributed by atoms with Gasteiger partial charge in [0.05, 0.1) is 19.9 Å². The summed E-state index contributed by atoms with van der Waals surface area (Å²) in [7, 11) is 3.51. The number of hydrogen-bond donors (Lipinski definition) is 5. The number of pyridine rings is 1. The first-order valence-electron chi connectivity index (χ1n) is 17.1. The molecule has 5 N–H and O–H groups in total. The van der Waals surface area contributed by atoms with Crippen LogP contribution in [-0.4, -0.2) is 85.1 Å². The number of nitrogens with one attached hydrogen (secondary N) is 4. The second-order valence-corrected chi connectivity index (χ2v) is 14.4. The SMILES string of the molecule is CO.COC(=O)NC(C(=O)N[C@H](CCN(Cc1ccc(-c2ccccn2)cc1)NC(=O)C(NC(=O)OC)C(C)(C)C)Cc1ccccc1)C(C)(C)C. The molecule has 13 heteroatoms. The number of hydrazine groups is 1. The molecule has 4 amide bonds. The maximum atomic E-state index is 13.8. The third kappa shape index (κ3) is 14.3. The second kappa shape index (κ2) is 20.7. The summed E-state index contributed by atoms with van der Waals surface area (Å²) in [6.07, 6.45) is 1.28. The van der Waals surface area contributed by atoms with Gasteiger partial charge >= 0.3 is 12.2 Å². The van der Waals surface area contributed by atoms with E-state index in [9.17, 15) is 19.2 Å². The van der Waals surface area contributed by atoms with Crippen molar-refractivity contribution in [1.82, 2.24) is 31.4 Å². The lowest BCUT2D eigenvalue weighted by atomic mass is 9.86. The molecular weight excluding hydrogens is 664 g/mol. The van der Waals surface area contributed by atoms with Gasteiger partial charge in [-0.1, -0.05) is 102 Å². The first-order chi connectivity index (χ1) is 24.6. The van der Waals surface area contributed by atoms with Gasteiger partial charge in [0.25, 0.3) is 5.91 Å². The molecule has 3 aromatic rings. The van der Waals surface area contributed by atoms with Crippen molar-refractivity contribution in [3.63, 3.8) is 0 Å². The van der Waals surface area contributed by atoms with Crippen molar-refractivity contribution in [1.29, 1.82) is 0 Å². The van der Waals surface area contributed by atoms with Gasteiger partial charge in [-0.05, 0) is 46.9 Å². The maximum Gasteiger partial charge on any atom is 0.407 e. The van der Waals surface area contributed by atoms with Crippen molar-refractivity contribution in [2.45, 2.75) is 79.1 Å². The van der Waals surface area contributed by atoms with E-state index < -0.39 is 41.0 Å². The number of alkyl carbamates (subject to hydrolysis) is 2. The number of carbonyl (C=O) groups is 4. The van der Waals surface area contributed by atoms with Crippen LogP contribution in [0, 0.1) is 10.8 Å². The predicted octanol–water partition coefficient (Wildman–Crippen LogP) is 4.85. The highest BCUT2D eigenvalue weighted by molar-refractivity contribution is 5.87. The fraction of sp³-hybridized carbons (Fsp3) is 0.462. The first-order valence-corrected chi connectivity index (χ1v) is 17.1. The Kier molecular flexibility index (Phi) is 17.2. The van der Waals surface area contributed by atoms with E-state index in [1.807, 2.05) is 114 Å². The summed E-state index contributed by atoms with van der Waals surface area (Å²) in [5.41, 5.74) is 5.54. The standard InChI is InChI=1S/C38H52N6O6.CH4O/c1-37(2,3)31(41-35(47)49-7)33(45)40-29(24-26-14-10-9-11-15-26)21-23-44(43-34(46)32(38(4,5)6)42-36(48)50-8)25-27-17-19-28(20-18-27)30-16-12-13-22-39-30;1-2/h9-20,22,29,31-32H,21,23-25H2,1-8H3,(H,40,45)(H,41,47)(H,42,48)(H,43,46);2H,1H3/t29-,31?,32?;/m1./s1. The minimum atomic E-state index is -0.902. The van der Waals surface area contributed by atoms with Crippen LogP contribution in [-0.2, 0) is 32.0 Å². The predicted molar refractivity (Wildman–Crippen MR) is 201 cm³/mol. The average molecular weight is 721 g/mol. The number of carbonyl (C=O) groups excluding carboxylic acids is 4. The van der Waals surface area contributed by atoms with Crippen LogP contribution >= 0.6 is 0 Å². The van der Waals surface area contributed by atoms with E-state index in [1.54, 1.807) is 11.2 Å². The van der Waals surface area contributed by atoms with Gasteiger partial charge in [0, 0.05) is 38.0 Å². The minimum absolute atomic E-state index is 0.337. The van der Waals surface area contributed by atoms with E-state index in [-0.39, 0.29) is 11.9 Å². The highest BCUT2D eigenvalue weighted by Gasteiger charge is 2.36. The van der Waals surface area contributed by atoms with Crippen molar-refractivity contribution in [3.05, 3.63) is 90.1 Å². The van der Waals surface area contributed by atoms with Gasteiger partial charge in [-0.15, -0.1) is 0 Å². The molecule has 0 saturated carbocycles. The van der Waals surface area contributed by atoms with Gasteiger partial charge in [-0.25, -0.2) is 14.6 Å². The summed E-state index contributed by atoms with van der Waals surface area (Å²) in [6.45, 7) is 11.8. The number of methoxy groups -OCH3 is 2. The van der Waals surface area contributed by atoms with Gasteiger partial charge in [0.15, 0.2) is 0 Å². The van der Waals surface area contributed by atoms with Gasteiger partial charge in [-0.3, -0.25) is 20.0 Å². The summed E-state index contributed by atoms with van der Waals surface area (Å²) in [5.74, 6) is -0.758. The summed E-state index contributed by atoms with van der Waals surface area (Å²) < 4.78 is 9.59. The molecule has 284 valence electrons. The van der Waals surface area contributed by atoms with E-state index in [0.29, 0.717) is 25.9 Å². The molecule has 0 aliphatic carbocycles. The highest BCUT2D eigenvalue weighted by atomic mass is 16.5. The smallest absolute Gasteiger partial charge is 0.407 e. The summed E-state index contributed by atoms with van der Waals surface area (Å²) in [5, 5.41) is 17.3. The normalized spacial score (nSPS) is 13.0. The van der Waals surface area contributed by atoms with Crippen molar-refractivity contribution < 1.29 is 33.8 Å². The molecule has 0 fully saturated rings. The molecule has 1 aromatic heterocycles. The number of aliphatic hydroxyl groups is 1.